The van der Waals surface area contributed by atoms with Crippen LogP contribution in [0, 0.1) is 0 Å². The normalized spacial score (nSPS) is 11.2. The summed E-state index contributed by atoms with van der Waals surface area (Å²) in [6.07, 6.45) is -4.37. The van der Waals surface area contributed by atoms with Gasteiger partial charge in [-0.05, 0) is 29.8 Å². The maximum absolute atomic E-state index is 12.4. The number of carbonyl (C=O) groups is 1. The molecule has 0 atom stereocenters. The molecular weight excluding hydrogens is 285 g/mol. The lowest BCUT2D eigenvalue weighted by molar-refractivity contribution is -0.137. The number of nitrogens with zero attached hydrogens (tertiary/aromatic N) is 2. The predicted molar refractivity (Wildman–Crippen MR) is 69.1 cm³/mol. The van der Waals surface area contributed by atoms with E-state index >= 15 is 0 Å². The first-order valence-electron chi connectivity index (χ1n) is 5.90. The van der Waals surface area contributed by atoms with Gasteiger partial charge in [-0.2, -0.15) is 13.2 Å². The van der Waals surface area contributed by atoms with E-state index in [1.54, 1.807) is 0 Å². The van der Waals surface area contributed by atoms with Gasteiger partial charge in [0.05, 0.1) is 5.56 Å². The first-order valence-corrected chi connectivity index (χ1v) is 5.90. The molecule has 0 unspecified atom stereocenters. The zero-order valence-corrected chi connectivity index (χ0v) is 10.7. The summed E-state index contributed by atoms with van der Waals surface area (Å²) in [5, 5.41) is 9.67. The van der Waals surface area contributed by atoms with Crippen LogP contribution in [0.25, 0.3) is 0 Å². The van der Waals surface area contributed by atoms with Gasteiger partial charge in [0.15, 0.2) is 5.69 Å². The maximum Gasteiger partial charge on any atom is 0.416 e. The predicted octanol–water partition coefficient (Wildman–Crippen LogP) is 2.01. The average Bonchev–Trinajstić information content (AvgIpc) is 2.45. The molecule has 1 amide bonds. The highest BCUT2D eigenvalue weighted by atomic mass is 19.4. The van der Waals surface area contributed by atoms with Gasteiger partial charge >= 0.3 is 6.18 Å². The molecule has 0 aliphatic carbocycles. The van der Waals surface area contributed by atoms with Crippen LogP contribution in [0.15, 0.2) is 36.4 Å². The van der Waals surface area contributed by atoms with Crippen molar-refractivity contribution >= 4 is 11.7 Å². The Kier molecular flexibility index (Phi) is 4.06. The standard InChI is InChI=1S/C13H11F3N4O/c14-13(15,16)9-3-1-8(2-4-9)7-18-12(21)10-5-6-11(17)20-19-10/h1-6H,7H2,(H2,17,20)(H,18,21). The molecule has 21 heavy (non-hydrogen) atoms. The molecule has 0 aliphatic heterocycles. The van der Waals surface area contributed by atoms with E-state index in [4.69, 9.17) is 5.73 Å². The smallest absolute Gasteiger partial charge is 0.382 e. The highest BCUT2D eigenvalue weighted by Gasteiger charge is 2.29. The minimum Gasteiger partial charge on any atom is -0.382 e. The van der Waals surface area contributed by atoms with Crippen LogP contribution in [0.5, 0.6) is 0 Å². The van der Waals surface area contributed by atoms with E-state index in [2.05, 4.69) is 15.5 Å². The molecule has 0 radical (unpaired) electrons. The lowest BCUT2D eigenvalue weighted by Crippen LogP contribution is -2.24. The number of nitrogens with two attached hydrogens (primary N) is 1. The Morgan fingerprint density at radius 1 is 1.10 bits per heavy atom. The number of halogens is 3. The minimum absolute atomic E-state index is 0.0797. The largest absolute Gasteiger partial charge is 0.416 e. The second-order valence-electron chi connectivity index (χ2n) is 4.22. The number of alkyl halides is 3. The quantitative estimate of drug-likeness (QED) is 0.908. The van der Waals surface area contributed by atoms with Gasteiger partial charge in [0.1, 0.15) is 5.82 Å². The number of hydrogen-bond donors (Lipinski definition) is 2. The molecule has 2 rings (SSSR count). The lowest BCUT2D eigenvalue weighted by Gasteiger charge is -2.08. The van der Waals surface area contributed by atoms with Crippen LogP contribution in [0.3, 0.4) is 0 Å². The molecule has 0 saturated carbocycles. The van der Waals surface area contributed by atoms with Gasteiger partial charge in [0.25, 0.3) is 5.91 Å². The molecule has 1 heterocycles. The molecule has 0 bridgehead atoms. The number of amides is 1. The number of nitrogen functional groups attached to an aromatic ring is 1. The van der Waals surface area contributed by atoms with E-state index < -0.39 is 17.6 Å². The summed E-state index contributed by atoms with van der Waals surface area (Å²) in [4.78, 5) is 11.7. The van der Waals surface area contributed by atoms with E-state index in [0.717, 1.165) is 12.1 Å². The monoisotopic (exact) mass is 296 g/mol. The highest BCUT2D eigenvalue weighted by Crippen LogP contribution is 2.29. The van der Waals surface area contributed by atoms with Crippen molar-refractivity contribution in [1.82, 2.24) is 15.5 Å². The fourth-order valence-electron chi connectivity index (χ4n) is 1.55. The van der Waals surface area contributed by atoms with Gasteiger partial charge in [-0.25, -0.2) is 0 Å². The second kappa shape index (κ2) is 5.78. The number of carbonyl (C=O) groups excluding carboxylic acids is 1. The van der Waals surface area contributed by atoms with Crippen LogP contribution in [0.1, 0.15) is 21.6 Å². The summed E-state index contributed by atoms with van der Waals surface area (Å²) in [5.74, 6) is -0.295. The Labute approximate surface area is 118 Å². The molecule has 0 fully saturated rings. The number of aromatic nitrogens is 2. The van der Waals surface area contributed by atoms with Gasteiger partial charge in [0.2, 0.25) is 0 Å². The third-order valence-electron chi connectivity index (χ3n) is 2.65. The van der Waals surface area contributed by atoms with Gasteiger partial charge in [-0.1, -0.05) is 12.1 Å². The molecule has 0 aliphatic rings. The summed E-state index contributed by atoms with van der Waals surface area (Å²) in [6, 6.07) is 7.37. The zero-order valence-electron chi connectivity index (χ0n) is 10.7. The third kappa shape index (κ3) is 3.91. The van der Waals surface area contributed by atoms with Crippen molar-refractivity contribution in [3.63, 3.8) is 0 Å². The van der Waals surface area contributed by atoms with Gasteiger partial charge < -0.3 is 11.1 Å². The average molecular weight is 296 g/mol. The zero-order chi connectivity index (χ0) is 15.5. The Morgan fingerprint density at radius 3 is 2.29 bits per heavy atom. The Balaban J connectivity index is 1.97. The van der Waals surface area contributed by atoms with E-state index in [0.29, 0.717) is 5.56 Å². The van der Waals surface area contributed by atoms with Crippen molar-refractivity contribution in [3.8, 4) is 0 Å². The first-order chi connectivity index (χ1) is 9.86. The second-order valence-corrected chi connectivity index (χ2v) is 4.22. The van der Waals surface area contributed by atoms with Crippen LogP contribution < -0.4 is 11.1 Å². The molecule has 5 nitrogen and oxygen atoms in total. The minimum atomic E-state index is -4.37. The topological polar surface area (TPSA) is 80.9 Å². The van der Waals surface area contributed by atoms with Crippen LogP contribution >= 0.6 is 0 Å². The van der Waals surface area contributed by atoms with Crippen LogP contribution in [0.4, 0.5) is 19.0 Å². The number of rotatable bonds is 3. The summed E-state index contributed by atoms with van der Waals surface area (Å²) in [6.45, 7) is 0.0863. The maximum atomic E-state index is 12.4. The van der Waals surface area contributed by atoms with E-state index in [1.165, 1.54) is 24.3 Å². The number of anilines is 1. The summed E-state index contributed by atoms with van der Waals surface area (Å²) < 4.78 is 37.2. The van der Waals surface area contributed by atoms with Crippen molar-refractivity contribution in [2.24, 2.45) is 0 Å². The van der Waals surface area contributed by atoms with Gasteiger partial charge in [0, 0.05) is 6.54 Å². The highest BCUT2D eigenvalue weighted by molar-refractivity contribution is 5.92. The summed E-state index contributed by atoms with van der Waals surface area (Å²) >= 11 is 0. The molecule has 1 aromatic carbocycles. The van der Waals surface area contributed by atoms with Crippen LogP contribution in [0.2, 0.25) is 0 Å². The van der Waals surface area contributed by atoms with Crippen molar-refractivity contribution in [2.75, 3.05) is 5.73 Å². The fraction of sp³-hybridized carbons (Fsp3) is 0.154. The van der Waals surface area contributed by atoms with E-state index in [9.17, 15) is 18.0 Å². The van der Waals surface area contributed by atoms with Crippen molar-refractivity contribution < 1.29 is 18.0 Å². The molecular formula is C13H11F3N4O. The number of hydrogen-bond acceptors (Lipinski definition) is 4. The summed E-state index contributed by atoms with van der Waals surface area (Å²) in [7, 11) is 0. The summed E-state index contributed by atoms with van der Waals surface area (Å²) in [5.41, 5.74) is 5.23. The molecule has 8 heteroatoms. The molecule has 1 aromatic heterocycles. The lowest BCUT2D eigenvalue weighted by atomic mass is 10.1. The Hall–Kier alpha value is -2.64. The van der Waals surface area contributed by atoms with E-state index in [1.807, 2.05) is 0 Å². The first kappa shape index (κ1) is 14.8. The van der Waals surface area contributed by atoms with Gasteiger partial charge in [-0.3, -0.25) is 4.79 Å². The molecule has 0 spiro atoms. The Morgan fingerprint density at radius 2 is 1.76 bits per heavy atom. The molecule has 3 N–H and O–H groups in total. The van der Waals surface area contributed by atoms with Crippen molar-refractivity contribution in [3.05, 3.63) is 53.2 Å². The fourth-order valence-corrected chi connectivity index (χ4v) is 1.55. The van der Waals surface area contributed by atoms with Crippen molar-refractivity contribution in [1.29, 1.82) is 0 Å². The Bertz CT molecular complexity index is 623. The van der Waals surface area contributed by atoms with Gasteiger partial charge in [-0.15, -0.1) is 10.2 Å². The number of benzene rings is 1. The van der Waals surface area contributed by atoms with Crippen molar-refractivity contribution in [2.45, 2.75) is 12.7 Å². The van der Waals surface area contributed by atoms with Crippen LogP contribution in [-0.2, 0) is 12.7 Å². The third-order valence-corrected chi connectivity index (χ3v) is 2.65. The van der Waals surface area contributed by atoms with Crippen LogP contribution in [-0.4, -0.2) is 16.1 Å². The molecule has 110 valence electrons. The number of nitrogens with one attached hydrogen (secondary N) is 1. The van der Waals surface area contributed by atoms with E-state index in [-0.39, 0.29) is 18.1 Å². The SMILES string of the molecule is Nc1ccc(C(=O)NCc2ccc(C(F)(F)F)cc2)nn1. The molecule has 0 saturated heterocycles. The molecule has 2 aromatic rings.